The molecule has 0 heteroatoms. The van der Waals surface area contributed by atoms with Crippen molar-refractivity contribution >= 4 is 0 Å². The molecule has 12 heavy (non-hydrogen) atoms. The first-order valence-corrected chi connectivity index (χ1v) is 5.10. The third kappa shape index (κ3) is 4.13. The van der Waals surface area contributed by atoms with E-state index in [2.05, 4.69) is 54.9 Å². The third-order valence-electron chi connectivity index (χ3n) is 2.31. The zero-order valence-corrected chi connectivity index (χ0v) is 9.81. The molecule has 0 aromatic rings. The molecule has 0 rings (SSSR count). The highest BCUT2D eigenvalue weighted by molar-refractivity contribution is 4.89. The van der Waals surface area contributed by atoms with Gasteiger partial charge < -0.3 is 0 Å². The molecule has 0 aromatic carbocycles. The lowest BCUT2D eigenvalue weighted by Crippen LogP contribution is -2.27. The molecular formula is C12H25. The van der Waals surface area contributed by atoms with Crippen LogP contribution in [0.2, 0.25) is 0 Å². The molecule has 73 valence electrons. The van der Waals surface area contributed by atoms with E-state index in [1.807, 2.05) is 0 Å². The monoisotopic (exact) mass is 169 g/mol. The van der Waals surface area contributed by atoms with Crippen molar-refractivity contribution in [3.63, 3.8) is 0 Å². The van der Waals surface area contributed by atoms with E-state index < -0.39 is 0 Å². The van der Waals surface area contributed by atoms with Crippen LogP contribution in [-0.2, 0) is 0 Å². The minimum absolute atomic E-state index is 0.415. The Morgan fingerprint density at radius 1 is 0.917 bits per heavy atom. The predicted molar refractivity (Wildman–Crippen MR) is 56.9 cm³/mol. The van der Waals surface area contributed by atoms with Gasteiger partial charge in [0.25, 0.3) is 0 Å². The van der Waals surface area contributed by atoms with Crippen molar-refractivity contribution in [1.29, 1.82) is 0 Å². The van der Waals surface area contributed by atoms with Crippen LogP contribution >= 0.6 is 0 Å². The largest absolute Gasteiger partial charge is 0.0625 e. The van der Waals surface area contributed by atoms with Crippen LogP contribution in [0.5, 0.6) is 0 Å². The summed E-state index contributed by atoms with van der Waals surface area (Å²) in [6.07, 6.45) is 2.49. The molecule has 0 aliphatic carbocycles. The summed E-state index contributed by atoms with van der Waals surface area (Å²) in [6, 6.07) is 0. The third-order valence-corrected chi connectivity index (χ3v) is 2.31. The summed E-state index contributed by atoms with van der Waals surface area (Å²) in [5.41, 5.74) is 0.415. The van der Waals surface area contributed by atoms with Crippen LogP contribution in [0.4, 0.5) is 0 Å². The van der Waals surface area contributed by atoms with Crippen LogP contribution in [0.15, 0.2) is 0 Å². The van der Waals surface area contributed by atoms with Crippen molar-refractivity contribution in [2.75, 3.05) is 0 Å². The van der Waals surface area contributed by atoms with E-state index in [1.54, 1.807) is 0 Å². The molecule has 0 heterocycles. The number of hydrogen-bond donors (Lipinski definition) is 0. The summed E-state index contributed by atoms with van der Waals surface area (Å²) < 4.78 is 0. The van der Waals surface area contributed by atoms with Gasteiger partial charge >= 0.3 is 0 Å². The fourth-order valence-corrected chi connectivity index (χ4v) is 1.93. The second-order valence-corrected chi connectivity index (χ2v) is 5.57. The molecule has 1 radical (unpaired) electrons. The topological polar surface area (TPSA) is 0 Å². The van der Waals surface area contributed by atoms with Gasteiger partial charge in [-0.15, -0.1) is 0 Å². The minimum atomic E-state index is 0.415. The SMILES string of the molecule is CC(C)[CH]C(C(C)C)C(C)(C)C. The molecule has 1 atom stereocenters. The van der Waals surface area contributed by atoms with E-state index in [4.69, 9.17) is 0 Å². The van der Waals surface area contributed by atoms with E-state index in [0.29, 0.717) is 11.3 Å². The van der Waals surface area contributed by atoms with Gasteiger partial charge in [0.05, 0.1) is 0 Å². The van der Waals surface area contributed by atoms with Crippen molar-refractivity contribution in [3.05, 3.63) is 6.42 Å². The Morgan fingerprint density at radius 2 is 1.33 bits per heavy atom. The molecular weight excluding hydrogens is 144 g/mol. The Labute approximate surface area is 78.8 Å². The highest BCUT2D eigenvalue weighted by Gasteiger charge is 2.27. The fraction of sp³-hybridized carbons (Fsp3) is 0.917. The van der Waals surface area contributed by atoms with Gasteiger partial charge in [-0.05, 0) is 29.6 Å². The van der Waals surface area contributed by atoms with Crippen LogP contribution < -0.4 is 0 Å². The lowest BCUT2D eigenvalue weighted by molar-refractivity contribution is 0.200. The summed E-state index contributed by atoms with van der Waals surface area (Å²) in [4.78, 5) is 0. The highest BCUT2D eigenvalue weighted by atomic mass is 14.3. The minimum Gasteiger partial charge on any atom is -0.0625 e. The van der Waals surface area contributed by atoms with Crippen molar-refractivity contribution in [1.82, 2.24) is 0 Å². The summed E-state index contributed by atoms with van der Waals surface area (Å²) in [5, 5.41) is 0. The summed E-state index contributed by atoms with van der Waals surface area (Å²) in [6.45, 7) is 16.1. The smallest absolute Gasteiger partial charge is 0.0309 e. The van der Waals surface area contributed by atoms with Crippen LogP contribution in [0, 0.1) is 29.6 Å². The van der Waals surface area contributed by atoms with Gasteiger partial charge in [0.15, 0.2) is 0 Å². The fourth-order valence-electron chi connectivity index (χ4n) is 1.93. The zero-order chi connectivity index (χ0) is 9.94. The van der Waals surface area contributed by atoms with E-state index in [-0.39, 0.29) is 0 Å². The Bertz CT molecular complexity index is 114. The van der Waals surface area contributed by atoms with Gasteiger partial charge in [-0.25, -0.2) is 0 Å². The standard InChI is InChI=1S/C12H25/c1-9(2)8-11(10(3)4)12(5,6)7/h8-11H,1-7H3. The molecule has 0 saturated carbocycles. The Kier molecular flexibility index (Phi) is 4.30. The van der Waals surface area contributed by atoms with Crippen LogP contribution in [0.3, 0.4) is 0 Å². The highest BCUT2D eigenvalue weighted by Crippen LogP contribution is 2.35. The second-order valence-electron chi connectivity index (χ2n) is 5.57. The molecule has 0 bridgehead atoms. The van der Waals surface area contributed by atoms with Crippen molar-refractivity contribution in [2.24, 2.45) is 23.2 Å². The predicted octanol–water partition coefficient (Wildman–Crippen LogP) is 4.16. The molecule has 0 nitrogen and oxygen atoms in total. The summed E-state index contributed by atoms with van der Waals surface area (Å²) in [7, 11) is 0. The van der Waals surface area contributed by atoms with Gasteiger partial charge in [-0.3, -0.25) is 0 Å². The maximum absolute atomic E-state index is 2.49. The Balaban J connectivity index is 4.25. The van der Waals surface area contributed by atoms with Crippen LogP contribution in [0.25, 0.3) is 0 Å². The molecule has 0 N–H and O–H groups in total. The molecule has 0 spiro atoms. The average molecular weight is 169 g/mol. The first-order chi connectivity index (χ1) is 5.25. The lowest BCUT2D eigenvalue weighted by atomic mass is 9.71. The van der Waals surface area contributed by atoms with Gasteiger partial charge in [0, 0.05) is 0 Å². The average Bonchev–Trinajstić information content (AvgIpc) is 1.79. The van der Waals surface area contributed by atoms with Gasteiger partial charge in [0.1, 0.15) is 0 Å². The molecule has 0 saturated heterocycles. The van der Waals surface area contributed by atoms with Gasteiger partial charge in [-0.1, -0.05) is 48.5 Å². The lowest BCUT2D eigenvalue weighted by Gasteiger charge is -2.35. The molecule has 0 amide bonds. The molecule has 0 aliphatic rings. The van der Waals surface area contributed by atoms with Crippen molar-refractivity contribution in [2.45, 2.75) is 48.5 Å². The van der Waals surface area contributed by atoms with Crippen molar-refractivity contribution in [3.8, 4) is 0 Å². The molecule has 0 aliphatic heterocycles. The maximum Gasteiger partial charge on any atom is -0.0309 e. The normalized spacial score (nSPS) is 15.8. The van der Waals surface area contributed by atoms with Gasteiger partial charge in [-0.2, -0.15) is 0 Å². The van der Waals surface area contributed by atoms with E-state index >= 15 is 0 Å². The van der Waals surface area contributed by atoms with Crippen LogP contribution in [-0.4, -0.2) is 0 Å². The maximum atomic E-state index is 2.49. The molecule has 0 aromatic heterocycles. The first kappa shape index (κ1) is 12.0. The molecule has 1 unspecified atom stereocenters. The summed E-state index contributed by atoms with van der Waals surface area (Å²) in [5.74, 6) is 2.20. The number of hydrogen-bond acceptors (Lipinski definition) is 0. The van der Waals surface area contributed by atoms with E-state index in [1.165, 1.54) is 0 Å². The Hall–Kier alpha value is 0. The van der Waals surface area contributed by atoms with Gasteiger partial charge in [0.2, 0.25) is 0 Å². The Morgan fingerprint density at radius 3 is 1.42 bits per heavy atom. The first-order valence-electron chi connectivity index (χ1n) is 5.10. The quantitative estimate of drug-likeness (QED) is 0.595. The van der Waals surface area contributed by atoms with Crippen LogP contribution in [0.1, 0.15) is 48.5 Å². The van der Waals surface area contributed by atoms with Crippen molar-refractivity contribution < 1.29 is 0 Å². The second kappa shape index (κ2) is 4.30. The molecule has 0 fully saturated rings. The summed E-state index contributed by atoms with van der Waals surface area (Å²) >= 11 is 0. The number of rotatable bonds is 3. The zero-order valence-electron chi connectivity index (χ0n) is 9.81. The van der Waals surface area contributed by atoms with E-state index in [0.717, 1.165) is 11.8 Å². The van der Waals surface area contributed by atoms with E-state index in [9.17, 15) is 0 Å².